The van der Waals surface area contributed by atoms with Crippen LogP contribution in [0.25, 0.3) is 0 Å². The summed E-state index contributed by atoms with van der Waals surface area (Å²) in [4.78, 5) is 0. The van der Waals surface area contributed by atoms with Gasteiger partial charge in [-0.15, -0.1) is 0 Å². The Labute approximate surface area is 133 Å². The fraction of sp³-hybridized carbons (Fsp3) is 0.714. The van der Waals surface area contributed by atoms with Gasteiger partial charge in [-0.2, -0.15) is 0 Å². The zero-order valence-corrected chi connectivity index (χ0v) is 14.9. The van der Waals surface area contributed by atoms with E-state index in [9.17, 15) is 0 Å². The van der Waals surface area contributed by atoms with Crippen molar-refractivity contribution in [3.05, 3.63) is 34.9 Å². The number of fused-ring (bicyclic) bond motifs is 1. The average molecular weight is 289 g/mol. The lowest BCUT2D eigenvalue weighted by atomic mass is 9.86. The molecule has 1 fully saturated rings. The highest BCUT2D eigenvalue weighted by atomic mass is 14.3. The van der Waals surface area contributed by atoms with E-state index in [-0.39, 0.29) is 0 Å². The molecule has 0 nitrogen and oxygen atoms in total. The van der Waals surface area contributed by atoms with Gasteiger partial charge in [0.2, 0.25) is 0 Å². The second-order valence-electron chi connectivity index (χ2n) is 6.22. The molecule has 0 aliphatic heterocycles. The van der Waals surface area contributed by atoms with Crippen LogP contribution in [-0.2, 0) is 12.8 Å². The van der Waals surface area contributed by atoms with Crippen molar-refractivity contribution < 1.29 is 0 Å². The zero-order chi connectivity index (χ0) is 15.5. The van der Waals surface area contributed by atoms with Crippen molar-refractivity contribution in [3.63, 3.8) is 0 Å². The molecule has 3 rings (SSSR count). The molecule has 0 N–H and O–H groups in total. The van der Waals surface area contributed by atoms with Gasteiger partial charge in [-0.1, -0.05) is 84.4 Å². The summed E-state index contributed by atoms with van der Waals surface area (Å²) in [5.74, 6) is 0.931. The lowest BCUT2D eigenvalue weighted by Gasteiger charge is -2.19. The molecule has 120 valence electrons. The summed E-state index contributed by atoms with van der Waals surface area (Å²) in [7, 11) is 0. The summed E-state index contributed by atoms with van der Waals surface area (Å²) in [6.45, 7) is 8.51. The zero-order valence-electron chi connectivity index (χ0n) is 14.9. The van der Waals surface area contributed by atoms with Crippen molar-refractivity contribution in [2.24, 2.45) is 0 Å². The molecule has 0 unspecified atom stereocenters. The summed E-state index contributed by atoms with van der Waals surface area (Å²) in [5.41, 5.74) is 4.81. The standard InChI is InChI=1S/C11H12.C8H18.C2H6/c1-2-8(1)10-5-3-9-4-6-11(9)7-10;1-3-5-7-8-6-4-2;1-2/h3,5,7-8H,1-2,4,6H2;3-8H2,1-2H3;1-2H3. The van der Waals surface area contributed by atoms with Crippen LogP contribution in [-0.4, -0.2) is 0 Å². The van der Waals surface area contributed by atoms with Crippen molar-refractivity contribution in [1.82, 2.24) is 0 Å². The van der Waals surface area contributed by atoms with Crippen LogP contribution >= 0.6 is 0 Å². The largest absolute Gasteiger partial charge is 0.0683 e. The SMILES string of the molecule is CC.CCCCCCCC.c1cc2c(cc1C1CC1)CC2. The Morgan fingerprint density at radius 2 is 1.38 bits per heavy atom. The average Bonchev–Trinajstić information content (AvgIpc) is 3.33. The predicted molar refractivity (Wildman–Crippen MR) is 96.2 cm³/mol. The monoisotopic (exact) mass is 288 g/mol. The maximum Gasteiger partial charge on any atom is -0.0161 e. The Morgan fingerprint density at radius 3 is 1.76 bits per heavy atom. The van der Waals surface area contributed by atoms with Crippen molar-refractivity contribution in [2.45, 2.75) is 97.8 Å². The minimum absolute atomic E-state index is 0.931. The Kier molecular flexibility index (Phi) is 9.46. The van der Waals surface area contributed by atoms with Crippen molar-refractivity contribution in [1.29, 1.82) is 0 Å². The van der Waals surface area contributed by atoms with Crippen LogP contribution in [0.3, 0.4) is 0 Å². The first kappa shape index (κ1) is 18.3. The van der Waals surface area contributed by atoms with E-state index in [2.05, 4.69) is 32.0 Å². The molecule has 0 amide bonds. The first-order valence-electron chi connectivity index (χ1n) is 9.46. The van der Waals surface area contributed by atoms with Gasteiger partial charge in [-0.3, -0.25) is 0 Å². The van der Waals surface area contributed by atoms with Crippen molar-refractivity contribution >= 4 is 0 Å². The van der Waals surface area contributed by atoms with E-state index in [1.54, 1.807) is 16.7 Å². The van der Waals surface area contributed by atoms with Gasteiger partial charge in [0.15, 0.2) is 0 Å². The Hall–Kier alpha value is -0.780. The van der Waals surface area contributed by atoms with Gasteiger partial charge in [0.25, 0.3) is 0 Å². The van der Waals surface area contributed by atoms with Crippen LogP contribution in [0.15, 0.2) is 18.2 Å². The fourth-order valence-corrected chi connectivity index (χ4v) is 2.74. The lowest BCUT2D eigenvalue weighted by Crippen LogP contribution is -2.07. The van der Waals surface area contributed by atoms with E-state index in [1.807, 2.05) is 13.8 Å². The second-order valence-corrected chi connectivity index (χ2v) is 6.22. The molecule has 1 saturated carbocycles. The molecular weight excluding hydrogens is 252 g/mol. The van der Waals surface area contributed by atoms with Gasteiger partial charge >= 0.3 is 0 Å². The molecule has 0 spiro atoms. The number of unbranched alkanes of at least 4 members (excludes halogenated alkanes) is 5. The van der Waals surface area contributed by atoms with Gasteiger partial charge in [0.1, 0.15) is 0 Å². The predicted octanol–water partition coefficient (Wildman–Crippen LogP) is 7.06. The molecular formula is C21H36. The molecule has 0 bridgehead atoms. The summed E-state index contributed by atoms with van der Waals surface area (Å²) in [5, 5.41) is 0. The molecule has 0 radical (unpaired) electrons. The third kappa shape index (κ3) is 6.68. The van der Waals surface area contributed by atoms with Crippen LogP contribution in [0.5, 0.6) is 0 Å². The lowest BCUT2D eigenvalue weighted by molar-refractivity contribution is 0.624. The number of benzene rings is 1. The van der Waals surface area contributed by atoms with Gasteiger partial charge in [-0.25, -0.2) is 0 Å². The molecule has 0 atom stereocenters. The van der Waals surface area contributed by atoms with E-state index in [0.29, 0.717) is 0 Å². The van der Waals surface area contributed by atoms with Gasteiger partial charge < -0.3 is 0 Å². The highest BCUT2D eigenvalue weighted by molar-refractivity contribution is 5.40. The molecule has 0 aromatic heterocycles. The fourth-order valence-electron chi connectivity index (χ4n) is 2.74. The van der Waals surface area contributed by atoms with Gasteiger partial charge in [0, 0.05) is 0 Å². The van der Waals surface area contributed by atoms with E-state index in [0.717, 1.165) is 5.92 Å². The molecule has 21 heavy (non-hydrogen) atoms. The molecule has 0 heteroatoms. The maximum absolute atomic E-state index is 2.43. The van der Waals surface area contributed by atoms with E-state index < -0.39 is 0 Å². The molecule has 2 aliphatic carbocycles. The third-order valence-electron chi connectivity index (χ3n) is 4.40. The number of rotatable bonds is 6. The minimum atomic E-state index is 0.931. The number of aryl methyl sites for hydroxylation is 2. The number of hydrogen-bond acceptors (Lipinski definition) is 0. The van der Waals surface area contributed by atoms with Crippen LogP contribution < -0.4 is 0 Å². The normalized spacial score (nSPS) is 14.9. The maximum atomic E-state index is 2.43. The Morgan fingerprint density at radius 1 is 0.810 bits per heavy atom. The van der Waals surface area contributed by atoms with E-state index in [1.165, 1.54) is 64.2 Å². The highest BCUT2D eigenvalue weighted by Crippen LogP contribution is 2.41. The Bertz CT molecular complexity index is 368. The summed E-state index contributed by atoms with van der Waals surface area (Å²) in [6, 6.07) is 7.08. The van der Waals surface area contributed by atoms with E-state index in [4.69, 9.17) is 0 Å². The highest BCUT2D eigenvalue weighted by Gasteiger charge is 2.25. The topological polar surface area (TPSA) is 0 Å². The molecule has 0 heterocycles. The number of hydrogen-bond donors (Lipinski definition) is 0. The molecule has 1 aromatic carbocycles. The van der Waals surface area contributed by atoms with Gasteiger partial charge in [0.05, 0.1) is 0 Å². The first-order valence-corrected chi connectivity index (χ1v) is 9.46. The Balaban J connectivity index is 0.000000199. The smallest absolute Gasteiger partial charge is 0.0161 e. The molecule has 2 aliphatic rings. The van der Waals surface area contributed by atoms with Crippen LogP contribution in [0, 0.1) is 0 Å². The van der Waals surface area contributed by atoms with Gasteiger partial charge in [-0.05, 0) is 48.3 Å². The van der Waals surface area contributed by atoms with Crippen molar-refractivity contribution in [3.8, 4) is 0 Å². The molecule has 1 aromatic rings. The van der Waals surface area contributed by atoms with Crippen LogP contribution in [0.2, 0.25) is 0 Å². The first-order chi connectivity index (χ1) is 10.3. The summed E-state index contributed by atoms with van der Waals surface area (Å²) in [6.07, 6.45) is 14.0. The quantitative estimate of drug-likeness (QED) is 0.492. The summed E-state index contributed by atoms with van der Waals surface area (Å²) < 4.78 is 0. The van der Waals surface area contributed by atoms with Crippen molar-refractivity contribution in [2.75, 3.05) is 0 Å². The van der Waals surface area contributed by atoms with Crippen LogP contribution in [0.1, 0.15) is 102 Å². The third-order valence-corrected chi connectivity index (χ3v) is 4.40. The van der Waals surface area contributed by atoms with Crippen LogP contribution in [0.4, 0.5) is 0 Å². The summed E-state index contributed by atoms with van der Waals surface area (Å²) >= 11 is 0. The minimum Gasteiger partial charge on any atom is -0.0683 e. The van der Waals surface area contributed by atoms with E-state index >= 15 is 0 Å². The second kappa shape index (κ2) is 10.9. The molecule has 0 saturated heterocycles.